The molecule has 1 heterocycles. The quantitative estimate of drug-likeness (QED) is 0.726. The van der Waals surface area contributed by atoms with Gasteiger partial charge in [0.1, 0.15) is 0 Å². The highest BCUT2D eigenvalue weighted by Gasteiger charge is 2.17. The van der Waals surface area contributed by atoms with Gasteiger partial charge >= 0.3 is 0 Å². The van der Waals surface area contributed by atoms with Gasteiger partial charge < -0.3 is 10.6 Å². The Bertz CT molecular complexity index is 184. The summed E-state index contributed by atoms with van der Waals surface area (Å²) in [6.07, 6.45) is 4.39. The van der Waals surface area contributed by atoms with E-state index in [1.54, 1.807) is 0 Å². The molecular weight excluding hydrogens is 188 g/mol. The molecule has 3 nitrogen and oxygen atoms in total. The van der Waals surface area contributed by atoms with Crippen molar-refractivity contribution >= 4 is 5.91 Å². The molecule has 88 valence electrons. The Labute approximate surface area is 93.0 Å². The highest BCUT2D eigenvalue weighted by atomic mass is 16.1. The highest BCUT2D eigenvalue weighted by Crippen LogP contribution is 2.10. The van der Waals surface area contributed by atoms with Gasteiger partial charge in [0.15, 0.2) is 0 Å². The number of nitrogens with one attached hydrogen (secondary N) is 2. The Hall–Kier alpha value is -0.570. The Morgan fingerprint density at radius 1 is 1.47 bits per heavy atom. The van der Waals surface area contributed by atoms with Gasteiger partial charge in [0.25, 0.3) is 0 Å². The molecule has 0 bridgehead atoms. The molecule has 1 fully saturated rings. The molecule has 1 aliphatic heterocycles. The third-order valence-electron chi connectivity index (χ3n) is 3.32. The summed E-state index contributed by atoms with van der Waals surface area (Å²) < 4.78 is 0. The van der Waals surface area contributed by atoms with E-state index in [0.29, 0.717) is 5.92 Å². The predicted octanol–water partition coefficient (Wildman–Crippen LogP) is 1.54. The van der Waals surface area contributed by atoms with Gasteiger partial charge in [-0.05, 0) is 44.7 Å². The van der Waals surface area contributed by atoms with E-state index in [2.05, 4.69) is 24.5 Å². The third kappa shape index (κ3) is 4.20. The Kier molecular flexibility index (Phi) is 5.69. The lowest BCUT2D eigenvalue weighted by Crippen LogP contribution is -2.39. The fourth-order valence-corrected chi connectivity index (χ4v) is 2.15. The van der Waals surface area contributed by atoms with Crippen molar-refractivity contribution in [3.8, 4) is 0 Å². The molecule has 0 spiro atoms. The molecule has 15 heavy (non-hydrogen) atoms. The molecule has 2 N–H and O–H groups in total. The zero-order chi connectivity index (χ0) is 11.1. The molecular formula is C12H24N2O. The maximum absolute atomic E-state index is 11.7. The average molecular weight is 212 g/mol. The average Bonchev–Trinajstić information content (AvgIpc) is 2.29. The van der Waals surface area contributed by atoms with E-state index < -0.39 is 0 Å². The van der Waals surface area contributed by atoms with Crippen LogP contribution in [0.15, 0.2) is 0 Å². The molecule has 0 aliphatic carbocycles. The van der Waals surface area contributed by atoms with Crippen LogP contribution in [0.2, 0.25) is 0 Å². The molecule has 3 heteroatoms. The lowest BCUT2D eigenvalue weighted by molar-refractivity contribution is -0.125. The maximum atomic E-state index is 11.7. The van der Waals surface area contributed by atoms with Crippen LogP contribution in [0, 0.1) is 11.8 Å². The summed E-state index contributed by atoms with van der Waals surface area (Å²) in [5.74, 6) is 1.09. The summed E-state index contributed by atoms with van der Waals surface area (Å²) in [6, 6.07) is 0. The topological polar surface area (TPSA) is 41.1 Å². The normalized spacial score (nSPS) is 21.7. The number of rotatable bonds is 5. The number of carbonyl (C=O) groups excluding carboxylic acids is 1. The number of hydrogen-bond donors (Lipinski definition) is 2. The van der Waals surface area contributed by atoms with Crippen molar-refractivity contribution < 1.29 is 4.79 Å². The molecule has 1 amide bonds. The van der Waals surface area contributed by atoms with E-state index >= 15 is 0 Å². The Morgan fingerprint density at radius 3 is 2.73 bits per heavy atom. The van der Waals surface area contributed by atoms with Crippen molar-refractivity contribution in [3.63, 3.8) is 0 Å². The summed E-state index contributed by atoms with van der Waals surface area (Å²) in [6.45, 7) is 7.20. The second-order valence-electron chi connectivity index (χ2n) is 4.47. The summed E-state index contributed by atoms with van der Waals surface area (Å²) in [7, 11) is 0. The first-order valence-corrected chi connectivity index (χ1v) is 6.26. The molecule has 1 aliphatic rings. The van der Waals surface area contributed by atoms with Crippen molar-refractivity contribution in [1.82, 2.24) is 10.6 Å². The van der Waals surface area contributed by atoms with Crippen molar-refractivity contribution in [3.05, 3.63) is 0 Å². The smallest absolute Gasteiger partial charge is 0.223 e. The van der Waals surface area contributed by atoms with Crippen LogP contribution in [0.1, 0.15) is 39.5 Å². The van der Waals surface area contributed by atoms with E-state index in [9.17, 15) is 4.79 Å². The van der Waals surface area contributed by atoms with Crippen LogP contribution in [0.5, 0.6) is 0 Å². The number of hydrogen-bond acceptors (Lipinski definition) is 2. The number of amides is 1. The molecule has 0 aromatic heterocycles. The molecule has 1 atom stereocenters. The largest absolute Gasteiger partial charge is 0.356 e. The van der Waals surface area contributed by atoms with Crippen molar-refractivity contribution in [2.24, 2.45) is 11.8 Å². The van der Waals surface area contributed by atoms with Crippen LogP contribution in [0.3, 0.4) is 0 Å². The minimum absolute atomic E-state index is 0.210. The van der Waals surface area contributed by atoms with Gasteiger partial charge in [-0.15, -0.1) is 0 Å². The molecule has 0 aromatic carbocycles. The fraction of sp³-hybridized carbons (Fsp3) is 0.917. The second kappa shape index (κ2) is 6.83. The van der Waals surface area contributed by atoms with Gasteiger partial charge in [-0.3, -0.25) is 4.79 Å². The minimum atomic E-state index is 0.210. The number of carbonyl (C=O) groups is 1. The Morgan fingerprint density at radius 2 is 2.20 bits per heavy atom. The van der Waals surface area contributed by atoms with Gasteiger partial charge in [0.05, 0.1) is 0 Å². The van der Waals surface area contributed by atoms with Crippen LogP contribution in [0.25, 0.3) is 0 Å². The zero-order valence-electron chi connectivity index (χ0n) is 10.0. The maximum Gasteiger partial charge on any atom is 0.223 e. The predicted molar refractivity (Wildman–Crippen MR) is 62.7 cm³/mol. The molecule has 0 radical (unpaired) electrons. The van der Waals surface area contributed by atoms with Crippen LogP contribution in [0.4, 0.5) is 0 Å². The summed E-state index contributed by atoms with van der Waals surface area (Å²) in [5, 5.41) is 6.44. The number of piperidine rings is 1. The van der Waals surface area contributed by atoms with E-state index in [0.717, 1.165) is 32.5 Å². The van der Waals surface area contributed by atoms with Gasteiger partial charge in [0.2, 0.25) is 5.91 Å². The van der Waals surface area contributed by atoms with Gasteiger partial charge in [-0.2, -0.15) is 0 Å². The third-order valence-corrected chi connectivity index (χ3v) is 3.32. The minimum Gasteiger partial charge on any atom is -0.356 e. The van der Waals surface area contributed by atoms with E-state index in [1.165, 1.54) is 12.8 Å². The fourth-order valence-electron chi connectivity index (χ4n) is 2.15. The SMILES string of the molecule is CCC(CC)C(=O)NCC1CCCNC1. The van der Waals surface area contributed by atoms with Crippen molar-refractivity contribution in [1.29, 1.82) is 0 Å². The van der Waals surface area contributed by atoms with Gasteiger partial charge in [-0.25, -0.2) is 0 Å². The first-order chi connectivity index (χ1) is 7.27. The van der Waals surface area contributed by atoms with E-state index in [-0.39, 0.29) is 11.8 Å². The van der Waals surface area contributed by atoms with Crippen LogP contribution in [-0.4, -0.2) is 25.5 Å². The zero-order valence-corrected chi connectivity index (χ0v) is 10.0. The lowest BCUT2D eigenvalue weighted by Gasteiger charge is -2.23. The van der Waals surface area contributed by atoms with E-state index in [1.807, 2.05) is 0 Å². The van der Waals surface area contributed by atoms with Crippen molar-refractivity contribution in [2.75, 3.05) is 19.6 Å². The molecule has 1 saturated heterocycles. The lowest BCUT2D eigenvalue weighted by atomic mass is 9.98. The van der Waals surface area contributed by atoms with Crippen LogP contribution < -0.4 is 10.6 Å². The first kappa shape index (κ1) is 12.5. The molecule has 0 aromatic rings. The van der Waals surface area contributed by atoms with Crippen molar-refractivity contribution in [2.45, 2.75) is 39.5 Å². The second-order valence-corrected chi connectivity index (χ2v) is 4.47. The monoisotopic (exact) mass is 212 g/mol. The van der Waals surface area contributed by atoms with Gasteiger partial charge in [0, 0.05) is 12.5 Å². The van der Waals surface area contributed by atoms with Crippen LogP contribution in [-0.2, 0) is 4.79 Å². The molecule has 1 unspecified atom stereocenters. The Balaban J connectivity index is 2.20. The summed E-state index contributed by atoms with van der Waals surface area (Å²) in [5.41, 5.74) is 0. The molecule has 0 saturated carbocycles. The highest BCUT2D eigenvalue weighted by molar-refractivity contribution is 5.78. The standard InChI is InChI=1S/C12H24N2O/c1-3-11(4-2)12(15)14-9-10-6-5-7-13-8-10/h10-11,13H,3-9H2,1-2H3,(H,14,15). The van der Waals surface area contributed by atoms with Crippen LogP contribution >= 0.6 is 0 Å². The molecule has 1 rings (SSSR count). The summed E-state index contributed by atoms with van der Waals surface area (Å²) in [4.78, 5) is 11.7. The first-order valence-electron chi connectivity index (χ1n) is 6.26. The van der Waals surface area contributed by atoms with E-state index in [4.69, 9.17) is 0 Å². The summed E-state index contributed by atoms with van der Waals surface area (Å²) >= 11 is 0. The van der Waals surface area contributed by atoms with Gasteiger partial charge in [-0.1, -0.05) is 13.8 Å².